The minimum atomic E-state index is -0.780. The highest BCUT2D eigenvalue weighted by Crippen LogP contribution is 2.17. The molecule has 0 saturated heterocycles. The molecule has 10 heteroatoms. The van der Waals surface area contributed by atoms with Gasteiger partial charge in [-0.15, -0.1) is 0 Å². The van der Waals surface area contributed by atoms with Crippen molar-refractivity contribution in [2.24, 2.45) is 0 Å². The molecule has 0 fully saturated rings. The number of aromatic hydroxyl groups is 1. The normalized spacial score (nSPS) is 10.1. The van der Waals surface area contributed by atoms with Crippen molar-refractivity contribution in [2.75, 3.05) is 13.1 Å². The predicted molar refractivity (Wildman–Crippen MR) is 97.1 cm³/mol. The van der Waals surface area contributed by atoms with Gasteiger partial charge in [0, 0.05) is 19.5 Å². The molecule has 0 aliphatic carbocycles. The number of nitrogens with zero attached hydrogens (tertiary/aromatic N) is 2. The van der Waals surface area contributed by atoms with Gasteiger partial charge in [-0.1, -0.05) is 25.1 Å². The third kappa shape index (κ3) is 6.03. The topological polar surface area (TPSA) is 137 Å². The summed E-state index contributed by atoms with van der Waals surface area (Å²) in [5.74, 6) is -1.28. The smallest absolute Gasteiger partial charge is 0.333 e. The van der Waals surface area contributed by atoms with Crippen molar-refractivity contribution < 1.29 is 19.5 Å². The first-order valence-electron chi connectivity index (χ1n) is 8.46. The maximum Gasteiger partial charge on any atom is 0.333 e. The molecular formula is C17H22N6O4. The number of carbonyl (C=O) groups excluding carboxylic acids is 3. The summed E-state index contributed by atoms with van der Waals surface area (Å²) in [6.45, 7) is 2.64. The molecule has 0 unspecified atom stereocenters. The third-order valence-electron chi connectivity index (χ3n) is 3.43. The summed E-state index contributed by atoms with van der Waals surface area (Å²) in [5.41, 5.74) is 4.70. The number of hydrogen-bond donors (Lipinski definition) is 5. The van der Waals surface area contributed by atoms with E-state index in [1.165, 1.54) is 10.9 Å². The van der Waals surface area contributed by atoms with Gasteiger partial charge in [0.1, 0.15) is 0 Å². The summed E-state index contributed by atoms with van der Waals surface area (Å²) >= 11 is 0. The molecule has 10 nitrogen and oxygen atoms in total. The highest BCUT2D eigenvalue weighted by atomic mass is 16.3. The number of urea groups is 1. The highest BCUT2D eigenvalue weighted by molar-refractivity contribution is 5.95. The molecule has 0 saturated carbocycles. The highest BCUT2D eigenvalue weighted by Gasteiger charge is 2.17. The van der Waals surface area contributed by atoms with Crippen LogP contribution in [0.25, 0.3) is 5.69 Å². The molecular weight excluding hydrogens is 352 g/mol. The summed E-state index contributed by atoms with van der Waals surface area (Å²) in [6, 6.07) is 8.25. The van der Waals surface area contributed by atoms with Crippen molar-refractivity contribution in [1.82, 2.24) is 31.3 Å². The van der Waals surface area contributed by atoms with E-state index in [0.717, 1.165) is 6.42 Å². The summed E-state index contributed by atoms with van der Waals surface area (Å²) in [7, 11) is 0. The van der Waals surface area contributed by atoms with E-state index >= 15 is 0 Å². The SMILES string of the molecule is CCCNC(=O)CCNC(=O)NNC(=O)c1nn(-c2ccccc2)cc1O. The van der Waals surface area contributed by atoms with Gasteiger partial charge in [0.2, 0.25) is 5.91 Å². The Bertz CT molecular complexity index is 790. The van der Waals surface area contributed by atoms with Crippen LogP contribution in [0.3, 0.4) is 0 Å². The second-order valence-corrected chi connectivity index (χ2v) is 5.58. The van der Waals surface area contributed by atoms with E-state index in [9.17, 15) is 19.5 Å². The molecule has 0 radical (unpaired) electrons. The average molecular weight is 374 g/mol. The first-order chi connectivity index (χ1) is 13.0. The minimum absolute atomic E-state index is 0.116. The lowest BCUT2D eigenvalue weighted by atomic mass is 10.3. The largest absolute Gasteiger partial charge is 0.504 e. The molecule has 1 aromatic carbocycles. The first kappa shape index (κ1) is 19.8. The zero-order valence-electron chi connectivity index (χ0n) is 14.9. The molecule has 0 aliphatic heterocycles. The van der Waals surface area contributed by atoms with Crippen LogP contribution in [0.15, 0.2) is 36.5 Å². The van der Waals surface area contributed by atoms with Crippen LogP contribution in [0.4, 0.5) is 4.79 Å². The van der Waals surface area contributed by atoms with Crippen molar-refractivity contribution in [3.05, 3.63) is 42.2 Å². The number of amides is 4. The molecule has 0 spiro atoms. The van der Waals surface area contributed by atoms with Crippen LogP contribution in [0.5, 0.6) is 5.75 Å². The van der Waals surface area contributed by atoms with Gasteiger partial charge in [-0.05, 0) is 18.6 Å². The van der Waals surface area contributed by atoms with Crippen molar-refractivity contribution in [3.63, 3.8) is 0 Å². The minimum Gasteiger partial charge on any atom is -0.504 e. The zero-order valence-corrected chi connectivity index (χ0v) is 14.9. The maximum atomic E-state index is 12.1. The van der Waals surface area contributed by atoms with Crippen molar-refractivity contribution >= 4 is 17.8 Å². The van der Waals surface area contributed by atoms with Gasteiger partial charge < -0.3 is 15.7 Å². The van der Waals surface area contributed by atoms with Crippen molar-refractivity contribution in [2.45, 2.75) is 19.8 Å². The fraction of sp³-hybridized carbons (Fsp3) is 0.294. The number of rotatable bonds is 7. The Kier molecular flexibility index (Phi) is 7.17. The molecule has 2 aromatic rings. The molecule has 144 valence electrons. The monoisotopic (exact) mass is 374 g/mol. The lowest BCUT2D eigenvalue weighted by molar-refractivity contribution is -0.120. The molecule has 27 heavy (non-hydrogen) atoms. The summed E-state index contributed by atoms with van der Waals surface area (Å²) in [6.07, 6.45) is 2.25. The molecule has 0 aliphatic rings. The second-order valence-electron chi connectivity index (χ2n) is 5.58. The maximum absolute atomic E-state index is 12.1. The number of hydrogen-bond acceptors (Lipinski definition) is 5. The Hall–Kier alpha value is -3.56. The van der Waals surface area contributed by atoms with Crippen molar-refractivity contribution in [1.29, 1.82) is 0 Å². The summed E-state index contributed by atoms with van der Waals surface area (Å²) < 4.78 is 1.35. The number of para-hydroxylation sites is 1. The van der Waals surface area contributed by atoms with Gasteiger partial charge >= 0.3 is 6.03 Å². The van der Waals surface area contributed by atoms with Gasteiger partial charge in [-0.25, -0.2) is 14.9 Å². The number of nitrogens with one attached hydrogen (secondary N) is 4. The molecule has 0 bridgehead atoms. The average Bonchev–Trinajstić information content (AvgIpc) is 3.07. The summed E-state index contributed by atoms with van der Waals surface area (Å²) in [4.78, 5) is 35.1. The number of carbonyl (C=O) groups is 3. The Morgan fingerprint density at radius 3 is 2.52 bits per heavy atom. The van der Waals surface area contributed by atoms with E-state index in [1.807, 2.05) is 13.0 Å². The molecule has 1 aromatic heterocycles. The van der Waals surface area contributed by atoms with E-state index < -0.39 is 11.9 Å². The second kappa shape index (κ2) is 9.80. The number of aromatic nitrogens is 2. The van der Waals surface area contributed by atoms with Crippen LogP contribution < -0.4 is 21.5 Å². The lowest BCUT2D eigenvalue weighted by Crippen LogP contribution is -2.47. The fourth-order valence-corrected chi connectivity index (χ4v) is 2.10. The third-order valence-corrected chi connectivity index (χ3v) is 3.43. The van der Waals surface area contributed by atoms with Crippen LogP contribution in [-0.2, 0) is 4.79 Å². The zero-order chi connectivity index (χ0) is 19.6. The fourth-order valence-electron chi connectivity index (χ4n) is 2.10. The van der Waals surface area contributed by atoms with E-state index in [2.05, 4.69) is 26.6 Å². The van der Waals surface area contributed by atoms with Crippen molar-refractivity contribution in [3.8, 4) is 11.4 Å². The molecule has 0 atom stereocenters. The van der Waals surface area contributed by atoms with Crippen LogP contribution in [-0.4, -0.2) is 45.8 Å². The van der Waals surface area contributed by atoms with Gasteiger partial charge in [0.15, 0.2) is 11.4 Å². The number of hydrazine groups is 1. The van der Waals surface area contributed by atoms with Gasteiger partial charge in [-0.3, -0.25) is 15.0 Å². The van der Waals surface area contributed by atoms with Crippen LogP contribution in [0.1, 0.15) is 30.3 Å². The Morgan fingerprint density at radius 2 is 1.81 bits per heavy atom. The van der Waals surface area contributed by atoms with E-state index in [-0.39, 0.29) is 30.3 Å². The van der Waals surface area contributed by atoms with Crippen LogP contribution >= 0.6 is 0 Å². The van der Waals surface area contributed by atoms with Gasteiger partial charge in [-0.2, -0.15) is 5.10 Å². The van der Waals surface area contributed by atoms with E-state index in [0.29, 0.717) is 12.2 Å². The standard InChI is InChI=1S/C17H22N6O4/c1-2-9-18-14(25)8-10-19-17(27)21-20-16(26)15-13(24)11-23(22-15)12-6-4-3-5-7-12/h3-7,11,24H,2,8-10H2,1H3,(H,18,25)(H,20,26)(H2,19,21,27). The molecule has 2 rings (SSSR count). The van der Waals surface area contributed by atoms with Crippen LogP contribution in [0.2, 0.25) is 0 Å². The van der Waals surface area contributed by atoms with Gasteiger partial charge in [0.05, 0.1) is 11.9 Å². The van der Waals surface area contributed by atoms with E-state index in [4.69, 9.17) is 0 Å². The number of benzene rings is 1. The molecule has 1 heterocycles. The lowest BCUT2D eigenvalue weighted by Gasteiger charge is -2.08. The van der Waals surface area contributed by atoms with Crippen LogP contribution in [0, 0.1) is 0 Å². The Labute approximate surface area is 155 Å². The quantitative estimate of drug-likeness (QED) is 0.448. The first-order valence-corrected chi connectivity index (χ1v) is 8.46. The Balaban J connectivity index is 1.79. The van der Waals surface area contributed by atoms with E-state index in [1.54, 1.807) is 24.3 Å². The summed E-state index contributed by atoms with van der Waals surface area (Å²) in [5, 5.41) is 19.0. The Morgan fingerprint density at radius 1 is 1.07 bits per heavy atom. The molecule has 5 N–H and O–H groups in total. The molecule has 4 amide bonds. The van der Waals surface area contributed by atoms with Gasteiger partial charge in [0.25, 0.3) is 5.91 Å². The predicted octanol–water partition coefficient (Wildman–Crippen LogP) is 0.438.